The van der Waals surface area contributed by atoms with Gasteiger partial charge in [-0.25, -0.2) is 4.39 Å². The van der Waals surface area contributed by atoms with E-state index in [9.17, 15) is 4.39 Å². The minimum atomic E-state index is -0.235. The molecule has 0 spiro atoms. The van der Waals surface area contributed by atoms with Crippen LogP contribution >= 0.6 is 0 Å². The molecule has 1 heterocycles. The number of para-hydroxylation sites is 2. The van der Waals surface area contributed by atoms with Crippen LogP contribution in [0.5, 0.6) is 5.75 Å². The summed E-state index contributed by atoms with van der Waals surface area (Å²) in [5.74, 6) is 0.678. The summed E-state index contributed by atoms with van der Waals surface area (Å²) in [6.45, 7) is 2.60. The van der Waals surface area contributed by atoms with Crippen LogP contribution in [0.15, 0.2) is 42.5 Å². The predicted molar refractivity (Wildman–Crippen MR) is 81.9 cm³/mol. The third-order valence-electron chi connectivity index (χ3n) is 3.74. The average molecular weight is 286 g/mol. The zero-order chi connectivity index (χ0) is 14.7. The summed E-state index contributed by atoms with van der Waals surface area (Å²) in [4.78, 5) is 2.27. The smallest absolute Gasteiger partial charge is 0.142 e. The Hall–Kier alpha value is -2.07. The minimum Gasteiger partial charge on any atom is -0.491 e. The number of nitrogens with two attached hydrogens (primary N) is 1. The molecule has 0 atom stereocenters. The number of ether oxygens (including phenoxy) is 1. The molecule has 3 rings (SSSR count). The molecule has 2 aromatic rings. The zero-order valence-electron chi connectivity index (χ0n) is 11.9. The second-order valence-corrected chi connectivity index (χ2v) is 5.22. The molecule has 0 fully saturated rings. The normalized spacial score (nSPS) is 14.3. The largest absolute Gasteiger partial charge is 0.491 e. The molecule has 2 aromatic carbocycles. The highest BCUT2D eigenvalue weighted by atomic mass is 19.1. The van der Waals surface area contributed by atoms with E-state index in [1.54, 1.807) is 0 Å². The van der Waals surface area contributed by atoms with Crippen molar-refractivity contribution in [3.63, 3.8) is 0 Å². The maximum Gasteiger partial charge on any atom is 0.142 e. The lowest BCUT2D eigenvalue weighted by Crippen LogP contribution is -2.23. The molecule has 110 valence electrons. The van der Waals surface area contributed by atoms with Crippen molar-refractivity contribution in [1.82, 2.24) is 0 Å². The van der Waals surface area contributed by atoms with Gasteiger partial charge < -0.3 is 15.4 Å². The molecule has 4 heteroatoms. The van der Waals surface area contributed by atoms with Gasteiger partial charge in [0.05, 0.1) is 12.3 Å². The number of hydrogen-bond acceptors (Lipinski definition) is 3. The second-order valence-electron chi connectivity index (χ2n) is 5.22. The van der Waals surface area contributed by atoms with E-state index in [0.29, 0.717) is 5.56 Å². The minimum absolute atomic E-state index is 0.222. The van der Waals surface area contributed by atoms with E-state index in [4.69, 9.17) is 10.5 Å². The fourth-order valence-corrected chi connectivity index (χ4v) is 2.67. The summed E-state index contributed by atoms with van der Waals surface area (Å²) in [6, 6.07) is 13.2. The van der Waals surface area contributed by atoms with Gasteiger partial charge in [-0.1, -0.05) is 18.2 Å². The summed E-state index contributed by atoms with van der Waals surface area (Å²) in [5, 5.41) is 0. The van der Waals surface area contributed by atoms with Crippen LogP contribution in [0, 0.1) is 5.82 Å². The second kappa shape index (κ2) is 6.14. The van der Waals surface area contributed by atoms with Gasteiger partial charge in [0, 0.05) is 25.2 Å². The van der Waals surface area contributed by atoms with Crippen LogP contribution in [0.25, 0.3) is 0 Å². The van der Waals surface area contributed by atoms with E-state index in [1.165, 1.54) is 6.07 Å². The van der Waals surface area contributed by atoms with Crippen molar-refractivity contribution in [2.75, 3.05) is 18.1 Å². The molecule has 21 heavy (non-hydrogen) atoms. The van der Waals surface area contributed by atoms with Gasteiger partial charge in [0.1, 0.15) is 11.6 Å². The number of halogens is 1. The first-order valence-electron chi connectivity index (χ1n) is 7.22. The van der Waals surface area contributed by atoms with Crippen LogP contribution in [0.2, 0.25) is 0 Å². The molecule has 2 N–H and O–H groups in total. The molecular formula is C17H19FN2O. The average Bonchev–Trinajstić information content (AvgIpc) is 2.72. The number of fused-ring (bicyclic) bond motifs is 1. The molecule has 0 saturated carbocycles. The fraction of sp³-hybridized carbons (Fsp3) is 0.294. The summed E-state index contributed by atoms with van der Waals surface area (Å²) in [6.07, 6.45) is 0.972. The highest BCUT2D eigenvalue weighted by Gasteiger charge is 2.16. The summed E-state index contributed by atoms with van der Waals surface area (Å²) in [7, 11) is 0. The summed E-state index contributed by atoms with van der Waals surface area (Å²) in [5.41, 5.74) is 8.30. The van der Waals surface area contributed by atoms with E-state index in [2.05, 4.69) is 11.0 Å². The third-order valence-corrected chi connectivity index (χ3v) is 3.74. The van der Waals surface area contributed by atoms with Crippen molar-refractivity contribution in [3.8, 4) is 5.75 Å². The Kier molecular flexibility index (Phi) is 4.06. The number of nitrogens with zero attached hydrogens (tertiary/aromatic N) is 1. The molecule has 0 saturated heterocycles. The molecule has 1 aliphatic rings. The van der Waals surface area contributed by atoms with Gasteiger partial charge in [-0.15, -0.1) is 0 Å². The Morgan fingerprint density at radius 2 is 2.05 bits per heavy atom. The first kappa shape index (κ1) is 13.9. The van der Waals surface area contributed by atoms with Gasteiger partial charge in [0.15, 0.2) is 0 Å². The molecule has 0 radical (unpaired) electrons. The van der Waals surface area contributed by atoms with Gasteiger partial charge >= 0.3 is 0 Å². The summed E-state index contributed by atoms with van der Waals surface area (Å²) < 4.78 is 19.3. The van der Waals surface area contributed by atoms with Gasteiger partial charge in [-0.05, 0) is 36.2 Å². The first-order chi connectivity index (χ1) is 10.3. The van der Waals surface area contributed by atoms with Crippen LogP contribution < -0.4 is 15.4 Å². The third kappa shape index (κ3) is 3.00. The van der Waals surface area contributed by atoms with Crippen molar-refractivity contribution in [1.29, 1.82) is 0 Å². The van der Waals surface area contributed by atoms with E-state index in [0.717, 1.165) is 43.1 Å². The maximum absolute atomic E-state index is 13.5. The van der Waals surface area contributed by atoms with Crippen LogP contribution in [-0.4, -0.2) is 13.2 Å². The first-order valence-corrected chi connectivity index (χ1v) is 7.22. The van der Waals surface area contributed by atoms with Crippen LogP contribution in [-0.2, 0) is 13.1 Å². The Balaban J connectivity index is 1.87. The van der Waals surface area contributed by atoms with Gasteiger partial charge in [-0.2, -0.15) is 0 Å². The Labute approximate surface area is 124 Å². The lowest BCUT2D eigenvalue weighted by atomic mass is 10.1. The molecule has 0 aliphatic carbocycles. The van der Waals surface area contributed by atoms with E-state index in [-0.39, 0.29) is 12.4 Å². The fourth-order valence-electron chi connectivity index (χ4n) is 2.67. The number of hydrogen-bond donors (Lipinski definition) is 1. The Bertz CT molecular complexity index is 630. The maximum atomic E-state index is 13.5. The summed E-state index contributed by atoms with van der Waals surface area (Å²) >= 11 is 0. The molecule has 1 aliphatic heterocycles. The zero-order valence-corrected chi connectivity index (χ0v) is 11.9. The highest BCUT2D eigenvalue weighted by Crippen LogP contribution is 2.31. The van der Waals surface area contributed by atoms with Crippen molar-refractivity contribution >= 4 is 5.69 Å². The quantitative estimate of drug-likeness (QED) is 0.942. The van der Waals surface area contributed by atoms with Crippen LogP contribution in [0.3, 0.4) is 0 Å². The molecule has 0 aromatic heterocycles. The van der Waals surface area contributed by atoms with Crippen molar-refractivity contribution < 1.29 is 9.13 Å². The monoisotopic (exact) mass is 286 g/mol. The predicted octanol–water partition coefficient (Wildman–Crippen LogP) is 3.07. The number of benzene rings is 2. The van der Waals surface area contributed by atoms with Crippen molar-refractivity contribution in [2.24, 2.45) is 5.73 Å². The van der Waals surface area contributed by atoms with E-state index in [1.807, 2.05) is 30.3 Å². The lowest BCUT2D eigenvalue weighted by Gasteiger charge is -2.24. The molecular weight excluding hydrogens is 267 g/mol. The molecule has 3 nitrogen and oxygen atoms in total. The molecule has 0 amide bonds. The van der Waals surface area contributed by atoms with Gasteiger partial charge in [0.2, 0.25) is 0 Å². The Morgan fingerprint density at radius 1 is 1.19 bits per heavy atom. The highest BCUT2D eigenvalue weighted by molar-refractivity contribution is 5.59. The van der Waals surface area contributed by atoms with E-state index < -0.39 is 0 Å². The van der Waals surface area contributed by atoms with Crippen LogP contribution in [0.4, 0.5) is 10.1 Å². The molecule has 0 bridgehead atoms. The topological polar surface area (TPSA) is 38.5 Å². The van der Waals surface area contributed by atoms with E-state index >= 15 is 0 Å². The van der Waals surface area contributed by atoms with Crippen LogP contribution in [0.1, 0.15) is 17.5 Å². The molecule has 0 unspecified atom stereocenters. The Morgan fingerprint density at radius 3 is 2.90 bits per heavy atom. The lowest BCUT2D eigenvalue weighted by molar-refractivity contribution is 0.322. The number of rotatable bonds is 3. The number of anilines is 1. The standard InChI is InChI=1S/C17H19FN2O/c18-15-7-6-13(10-14(15)11-19)12-20-8-3-9-21-17-5-2-1-4-16(17)20/h1-2,4-7,10H,3,8-9,11-12,19H2. The van der Waals surface area contributed by atoms with Gasteiger partial charge in [-0.3, -0.25) is 0 Å². The van der Waals surface area contributed by atoms with Crippen molar-refractivity contribution in [3.05, 3.63) is 59.4 Å². The van der Waals surface area contributed by atoms with Gasteiger partial charge in [0.25, 0.3) is 0 Å². The SMILES string of the molecule is NCc1cc(CN2CCCOc3ccccc32)ccc1F. The van der Waals surface area contributed by atoms with Crippen molar-refractivity contribution in [2.45, 2.75) is 19.5 Å².